The minimum atomic E-state index is -0.204. The fourth-order valence-corrected chi connectivity index (χ4v) is 3.35. The van der Waals surface area contributed by atoms with E-state index in [4.69, 9.17) is 4.74 Å². The number of benzene rings is 1. The van der Waals surface area contributed by atoms with Crippen molar-refractivity contribution < 1.29 is 4.74 Å². The van der Waals surface area contributed by atoms with Gasteiger partial charge >= 0.3 is 0 Å². The van der Waals surface area contributed by atoms with Crippen LogP contribution >= 0.6 is 11.3 Å². The van der Waals surface area contributed by atoms with E-state index in [9.17, 15) is 4.79 Å². The maximum atomic E-state index is 12.4. The van der Waals surface area contributed by atoms with E-state index in [0.717, 1.165) is 11.4 Å². The third-order valence-corrected chi connectivity index (χ3v) is 4.91. The number of nitrogens with zero attached hydrogens (tertiary/aromatic N) is 3. The van der Waals surface area contributed by atoms with Gasteiger partial charge in [-0.1, -0.05) is 6.07 Å². The number of fused-ring (bicyclic) bond motifs is 1. The number of aromatic amines is 1. The Morgan fingerprint density at radius 3 is 2.75 bits per heavy atom. The summed E-state index contributed by atoms with van der Waals surface area (Å²) in [5, 5.41) is 11.4. The van der Waals surface area contributed by atoms with E-state index in [0.29, 0.717) is 37.1 Å². The molecule has 0 saturated heterocycles. The maximum Gasteiger partial charge on any atom is 0.274 e. The second-order valence-electron chi connectivity index (χ2n) is 6.04. The van der Waals surface area contributed by atoms with Gasteiger partial charge in [0.2, 0.25) is 5.95 Å². The molecular weight excluding hydrogens is 376 g/mol. The van der Waals surface area contributed by atoms with Crippen LogP contribution in [0.15, 0.2) is 52.6 Å². The zero-order chi connectivity index (χ0) is 19.3. The standard InChI is InChI=1S/C19H20N6O2S/c1-2-27-15-7-5-13(6-8-15)20-11-14-10-17(26)25-19(22-14)23-18(24-25)21-12-16-4-3-9-28-16/h3-10,20H,2,11-12H2,1H3,(H2,21,22,23,24). The van der Waals surface area contributed by atoms with Gasteiger partial charge in [-0.15, -0.1) is 11.3 Å². The highest BCUT2D eigenvalue weighted by atomic mass is 32.1. The zero-order valence-electron chi connectivity index (χ0n) is 15.3. The predicted molar refractivity (Wildman–Crippen MR) is 110 cm³/mol. The molecule has 0 amide bonds. The number of hydrogen-bond acceptors (Lipinski definition) is 7. The molecule has 1 aromatic carbocycles. The third-order valence-electron chi connectivity index (χ3n) is 4.03. The molecule has 3 N–H and O–H groups in total. The smallest absolute Gasteiger partial charge is 0.274 e. The van der Waals surface area contributed by atoms with E-state index in [1.54, 1.807) is 11.3 Å². The Balaban J connectivity index is 1.45. The summed E-state index contributed by atoms with van der Waals surface area (Å²) in [5.74, 6) is 1.67. The molecule has 9 heteroatoms. The Hall–Kier alpha value is -3.33. The highest BCUT2D eigenvalue weighted by Gasteiger charge is 2.08. The van der Waals surface area contributed by atoms with Crippen molar-refractivity contribution in [3.05, 3.63) is 68.8 Å². The summed E-state index contributed by atoms with van der Waals surface area (Å²) in [4.78, 5) is 22.4. The number of H-pyrrole nitrogens is 1. The minimum Gasteiger partial charge on any atom is -0.494 e. The predicted octanol–water partition coefficient (Wildman–Crippen LogP) is 3.10. The van der Waals surface area contributed by atoms with Crippen LogP contribution < -0.4 is 20.9 Å². The summed E-state index contributed by atoms with van der Waals surface area (Å²) in [6.07, 6.45) is 0. The first-order valence-corrected chi connectivity index (χ1v) is 9.81. The number of anilines is 2. The van der Waals surface area contributed by atoms with Crippen LogP contribution in [0.25, 0.3) is 5.78 Å². The Bertz CT molecular complexity index is 1100. The Morgan fingerprint density at radius 2 is 2.00 bits per heavy atom. The lowest BCUT2D eigenvalue weighted by Crippen LogP contribution is -2.17. The molecule has 0 unspecified atom stereocenters. The highest BCUT2D eigenvalue weighted by molar-refractivity contribution is 7.09. The molecule has 4 aromatic rings. The van der Waals surface area contributed by atoms with Gasteiger partial charge in [0.05, 0.1) is 25.4 Å². The third kappa shape index (κ3) is 4.15. The van der Waals surface area contributed by atoms with Crippen LogP contribution in [0.1, 0.15) is 17.5 Å². The first kappa shape index (κ1) is 18.1. The molecule has 0 aliphatic carbocycles. The van der Waals surface area contributed by atoms with E-state index < -0.39 is 0 Å². The van der Waals surface area contributed by atoms with Crippen molar-refractivity contribution in [2.45, 2.75) is 20.0 Å². The summed E-state index contributed by atoms with van der Waals surface area (Å²) < 4.78 is 6.76. The second kappa shape index (κ2) is 8.13. The summed E-state index contributed by atoms with van der Waals surface area (Å²) >= 11 is 1.66. The molecule has 28 heavy (non-hydrogen) atoms. The van der Waals surface area contributed by atoms with Crippen molar-refractivity contribution in [1.29, 1.82) is 0 Å². The van der Waals surface area contributed by atoms with Gasteiger partial charge in [-0.3, -0.25) is 9.89 Å². The number of thiophene rings is 1. The quantitative estimate of drug-likeness (QED) is 0.424. The van der Waals surface area contributed by atoms with E-state index >= 15 is 0 Å². The molecule has 0 atom stereocenters. The van der Waals surface area contributed by atoms with Crippen molar-refractivity contribution in [1.82, 2.24) is 19.6 Å². The zero-order valence-corrected chi connectivity index (χ0v) is 16.1. The topological polar surface area (TPSA) is 96.3 Å². The van der Waals surface area contributed by atoms with Crippen LogP contribution in [0.4, 0.5) is 11.6 Å². The van der Waals surface area contributed by atoms with Crippen LogP contribution in [-0.2, 0) is 13.1 Å². The molecule has 0 fully saturated rings. The monoisotopic (exact) mass is 396 g/mol. The molecule has 0 saturated carbocycles. The summed E-state index contributed by atoms with van der Waals surface area (Å²) in [6, 6.07) is 13.2. The number of nitrogens with one attached hydrogen (secondary N) is 3. The van der Waals surface area contributed by atoms with Crippen molar-refractivity contribution in [3.8, 4) is 5.75 Å². The molecule has 8 nitrogen and oxygen atoms in total. The van der Waals surface area contributed by atoms with E-state index in [1.807, 2.05) is 48.7 Å². The number of ether oxygens (including phenoxy) is 1. The van der Waals surface area contributed by atoms with Crippen LogP contribution in [0, 0.1) is 0 Å². The van der Waals surface area contributed by atoms with Crippen LogP contribution in [-0.4, -0.2) is 26.2 Å². The lowest BCUT2D eigenvalue weighted by Gasteiger charge is -2.07. The van der Waals surface area contributed by atoms with Crippen LogP contribution in [0.2, 0.25) is 0 Å². The van der Waals surface area contributed by atoms with E-state index in [1.165, 1.54) is 15.5 Å². The molecular formula is C19H20N6O2S. The molecule has 4 rings (SSSR count). The SMILES string of the molecule is CCOc1ccc(NCc2cc(=O)n3[nH]c(NCc4cccs4)nc3n2)cc1. The molecule has 144 valence electrons. The molecule has 0 aliphatic heterocycles. The molecule has 3 aromatic heterocycles. The Morgan fingerprint density at radius 1 is 1.14 bits per heavy atom. The maximum absolute atomic E-state index is 12.4. The van der Waals surface area contributed by atoms with Crippen molar-refractivity contribution in [3.63, 3.8) is 0 Å². The van der Waals surface area contributed by atoms with E-state index in [2.05, 4.69) is 25.7 Å². The van der Waals surface area contributed by atoms with Crippen LogP contribution in [0.3, 0.4) is 0 Å². The van der Waals surface area contributed by atoms with Gasteiger partial charge in [0.15, 0.2) is 0 Å². The molecule has 0 aliphatic rings. The lowest BCUT2D eigenvalue weighted by molar-refractivity contribution is 0.340. The molecule has 0 bridgehead atoms. The summed E-state index contributed by atoms with van der Waals surface area (Å²) in [7, 11) is 0. The van der Waals surface area contributed by atoms with Gasteiger partial charge in [-0.05, 0) is 42.6 Å². The normalized spacial score (nSPS) is 10.9. The lowest BCUT2D eigenvalue weighted by atomic mass is 10.3. The summed E-state index contributed by atoms with van der Waals surface area (Å²) in [5.41, 5.74) is 1.34. The average molecular weight is 396 g/mol. The Kier molecular flexibility index (Phi) is 5.24. The number of hydrogen-bond donors (Lipinski definition) is 3. The minimum absolute atomic E-state index is 0.204. The largest absolute Gasteiger partial charge is 0.494 e. The first-order valence-electron chi connectivity index (χ1n) is 8.93. The van der Waals surface area contributed by atoms with Crippen molar-refractivity contribution >= 4 is 28.8 Å². The average Bonchev–Trinajstić information content (AvgIpc) is 3.36. The van der Waals surface area contributed by atoms with Gasteiger partial charge in [-0.2, -0.15) is 9.50 Å². The molecule has 0 radical (unpaired) electrons. The molecule has 0 spiro atoms. The second-order valence-corrected chi connectivity index (χ2v) is 7.07. The fourth-order valence-electron chi connectivity index (χ4n) is 2.71. The van der Waals surface area contributed by atoms with Gasteiger partial charge in [0, 0.05) is 16.6 Å². The van der Waals surface area contributed by atoms with E-state index in [-0.39, 0.29) is 5.56 Å². The number of rotatable bonds is 8. The van der Waals surface area contributed by atoms with Gasteiger partial charge in [-0.25, -0.2) is 4.98 Å². The van der Waals surface area contributed by atoms with Crippen LogP contribution in [0.5, 0.6) is 5.75 Å². The van der Waals surface area contributed by atoms with Gasteiger partial charge in [0.1, 0.15) is 5.75 Å². The van der Waals surface area contributed by atoms with Gasteiger partial charge in [0.25, 0.3) is 11.3 Å². The number of aromatic nitrogens is 4. The fraction of sp³-hybridized carbons (Fsp3) is 0.211. The van der Waals surface area contributed by atoms with Crippen molar-refractivity contribution in [2.24, 2.45) is 0 Å². The van der Waals surface area contributed by atoms with Gasteiger partial charge < -0.3 is 15.4 Å². The Labute approximate surface area is 165 Å². The highest BCUT2D eigenvalue weighted by Crippen LogP contribution is 2.16. The molecule has 3 heterocycles. The summed E-state index contributed by atoms with van der Waals surface area (Å²) in [6.45, 7) is 3.64. The van der Waals surface area contributed by atoms with Crippen molar-refractivity contribution in [2.75, 3.05) is 17.2 Å². The first-order chi connectivity index (χ1) is 13.7.